The maximum atomic E-state index is 13.1. The van der Waals surface area contributed by atoms with Gasteiger partial charge >= 0.3 is 6.03 Å². The fourth-order valence-corrected chi connectivity index (χ4v) is 4.49. The van der Waals surface area contributed by atoms with Crippen LogP contribution in [0.1, 0.15) is 18.4 Å². The molecule has 2 N–H and O–H groups in total. The molecule has 2 aliphatic heterocycles. The van der Waals surface area contributed by atoms with E-state index in [9.17, 15) is 13.2 Å². The maximum Gasteiger partial charge on any atom is 0.324 e. The van der Waals surface area contributed by atoms with Crippen molar-refractivity contribution in [3.8, 4) is 6.07 Å². The lowest BCUT2D eigenvalue weighted by molar-refractivity contribution is 0.169. The summed E-state index contributed by atoms with van der Waals surface area (Å²) >= 11 is 0. The molecule has 0 bridgehead atoms. The van der Waals surface area contributed by atoms with Gasteiger partial charge in [0.25, 0.3) is 0 Å². The molecule has 0 spiro atoms. The summed E-state index contributed by atoms with van der Waals surface area (Å²) in [5, 5.41) is 12.5. The molecular weight excluding hydrogens is 366 g/mol. The molecule has 0 aliphatic carbocycles. The van der Waals surface area contributed by atoms with Crippen LogP contribution >= 0.6 is 0 Å². The normalized spacial score (nSPS) is 21.9. The molecule has 0 aromatic heterocycles. The van der Waals surface area contributed by atoms with E-state index in [1.54, 1.807) is 34.1 Å². The van der Waals surface area contributed by atoms with Gasteiger partial charge in [0, 0.05) is 25.3 Å². The third-order valence-corrected chi connectivity index (χ3v) is 5.71. The van der Waals surface area contributed by atoms with Crippen molar-refractivity contribution in [2.45, 2.75) is 18.9 Å². The Morgan fingerprint density at radius 1 is 1.30 bits per heavy atom. The fraction of sp³-hybridized carbons (Fsp3) is 0.556. The number of benzene rings is 1. The van der Waals surface area contributed by atoms with Crippen LogP contribution in [-0.4, -0.2) is 64.4 Å². The third-order valence-electron chi connectivity index (χ3n) is 4.95. The van der Waals surface area contributed by atoms with Crippen LogP contribution in [0.2, 0.25) is 0 Å². The second kappa shape index (κ2) is 8.25. The van der Waals surface area contributed by atoms with E-state index in [0.717, 1.165) is 32.2 Å². The number of anilines is 1. The lowest BCUT2D eigenvalue weighted by Crippen LogP contribution is -2.61. The predicted molar refractivity (Wildman–Crippen MR) is 103 cm³/mol. The van der Waals surface area contributed by atoms with Crippen LogP contribution < -0.4 is 14.9 Å². The molecular formula is C18H25N5O3S. The highest BCUT2D eigenvalue weighted by molar-refractivity contribution is 7.88. The molecule has 8 nitrogen and oxygen atoms in total. The van der Waals surface area contributed by atoms with Crippen molar-refractivity contribution >= 4 is 21.7 Å². The number of urea groups is 1. The minimum Gasteiger partial charge on any atom is -0.322 e. The number of hydrogen-bond donors (Lipinski definition) is 2. The molecule has 2 fully saturated rings. The van der Waals surface area contributed by atoms with Crippen LogP contribution in [0.4, 0.5) is 10.5 Å². The molecule has 2 amide bonds. The average molecular weight is 391 g/mol. The Hall–Kier alpha value is -2.15. The molecule has 9 heteroatoms. The van der Waals surface area contributed by atoms with Gasteiger partial charge in [-0.25, -0.2) is 17.9 Å². The molecule has 0 saturated carbocycles. The number of carbonyl (C=O) groups excluding carboxylic acids is 1. The van der Waals surface area contributed by atoms with Crippen molar-refractivity contribution < 1.29 is 13.2 Å². The molecule has 1 aromatic carbocycles. The number of nitrogens with zero attached hydrogens (tertiary/aromatic N) is 3. The zero-order chi connectivity index (χ0) is 19.4. The van der Waals surface area contributed by atoms with Gasteiger partial charge in [-0.1, -0.05) is 6.07 Å². The Kier molecular flexibility index (Phi) is 5.99. The van der Waals surface area contributed by atoms with E-state index in [4.69, 9.17) is 5.26 Å². The summed E-state index contributed by atoms with van der Waals surface area (Å²) < 4.78 is 26.1. The van der Waals surface area contributed by atoms with Crippen LogP contribution in [0.3, 0.4) is 0 Å². The highest BCUT2D eigenvalue weighted by Crippen LogP contribution is 2.24. The minimum atomic E-state index is -3.39. The lowest BCUT2D eigenvalue weighted by atomic mass is 9.97. The van der Waals surface area contributed by atoms with E-state index < -0.39 is 16.1 Å². The van der Waals surface area contributed by atoms with Gasteiger partial charge in [0.1, 0.15) is 0 Å². The van der Waals surface area contributed by atoms with Gasteiger partial charge < -0.3 is 10.2 Å². The van der Waals surface area contributed by atoms with Crippen LogP contribution in [0, 0.1) is 17.2 Å². The number of nitriles is 1. The summed E-state index contributed by atoms with van der Waals surface area (Å²) in [6.07, 6.45) is 3.12. The number of nitrogens with one attached hydrogen (secondary N) is 2. The monoisotopic (exact) mass is 391 g/mol. The minimum absolute atomic E-state index is 0.143. The molecule has 2 aliphatic rings. The van der Waals surface area contributed by atoms with Crippen molar-refractivity contribution in [2.75, 3.05) is 43.9 Å². The van der Waals surface area contributed by atoms with E-state index in [2.05, 4.69) is 16.1 Å². The fourth-order valence-electron chi connectivity index (χ4n) is 3.74. The highest BCUT2D eigenvalue weighted by atomic mass is 32.2. The molecule has 27 heavy (non-hydrogen) atoms. The number of sulfonamides is 1. The van der Waals surface area contributed by atoms with Crippen LogP contribution in [0.5, 0.6) is 0 Å². The number of piperidine rings is 1. The standard InChI is InChI=1S/C18H25N5O3S/c1-27(25,26)21-16-12-22(11-14-5-7-20-8-6-14)18(24)23(13-16)17-4-2-3-15(9-17)10-19/h2-4,9,14,16,20-21H,5-8,11-13H2,1H3. The van der Waals surface area contributed by atoms with Crippen molar-refractivity contribution in [1.29, 1.82) is 5.26 Å². The molecule has 0 radical (unpaired) electrons. The van der Waals surface area contributed by atoms with Gasteiger partial charge in [0.2, 0.25) is 10.0 Å². The van der Waals surface area contributed by atoms with Crippen LogP contribution in [0.25, 0.3) is 0 Å². The van der Waals surface area contributed by atoms with E-state index in [1.165, 1.54) is 0 Å². The molecule has 1 atom stereocenters. The Bertz CT molecular complexity index is 830. The Labute approximate surface area is 160 Å². The topological polar surface area (TPSA) is 106 Å². The second-order valence-electron chi connectivity index (χ2n) is 7.24. The predicted octanol–water partition coefficient (Wildman–Crippen LogP) is 0.718. The lowest BCUT2D eigenvalue weighted by Gasteiger charge is -2.41. The van der Waals surface area contributed by atoms with Crippen molar-refractivity contribution in [2.24, 2.45) is 5.92 Å². The summed E-state index contributed by atoms with van der Waals surface area (Å²) in [4.78, 5) is 16.4. The molecule has 2 saturated heterocycles. The number of amides is 2. The average Bonchev–Trinajstić information content (AvgIpc) is 2.64. The quantitative estimate of drug-likeness (QED) is 0.769. The smallest absolute Gasteiger partial charge is 0.322 e. The summed E-state index contributed by atoms with van der Waals surface area (Å²) in [6.45, 7) is 3.07. The van der Waals surface area contributed by atoms with E-state index >= 15 is 0 Å². The van der Waals surface area contributed by atoms with Crippen molar-refractivity contribution in [3.63, 3.8) is 0 Å². The Balaban J connectivity index is 1.83. The third kappa shape index (κ3) is 5.19. The summed E-state index contributed by atoms with van der Waals surface area (Å²) in [7, 11) is -3.39. The molecule has 2 heterocycles. The zero-order valence-electron chi connectivity index (χ0n) is 15.4. The van der Waals surface area contributed by atoms with Crippen molar-refractivity contribution in [3.05, 3.63) is 29.8 Å². The molecule has 3 rings (SSSR count). The van der Waals surface area contributed by atoms with Gasteiger partial charge in [-0.2, -0.15) is 5.26 Å². The van der Waals surface area contributed by atoms with E-state index in [-0.39, 0.29) is 12.6 Å². The largest absolute Gasteiger partial charge is 0.324 e. The van der Waals surface area contributed by atoms with Gasteiger partial charge in [0.15, 0.2) is 0 Å². The van der Waals surface area contributed by atoms with Crippen LogP contribution in [-0.2, 0) is 10.0 Å². The van der Waals surface area contributed by atoms with Gasteiger partial charge in [-0.15, -0.1) is 0 Å². The first-order valence-corrected chi connectivity index (χ1v) is 11.0. The number of rotatable bonds is 5. The van der Waals surface area contributed by atoms with E-state index in [0.29, 0.717) is 30.3 Å². The molecule has 1 aromatic rings. The van der Waals surface area contributed by atoms with Crippen LogP contribution in [0.15, 0.2) is 24.3 Å². The number of hydrogen-bond acceptors (Lipinski definition) is 5. The summed E-state index contributed by atoms with van der Waals surface area (Å²) in [6, 6.07) is 8.37. The maximum absolute atomic E-state index is 13.1. The van der Waals surface area contributed by atoms with Gasteiger partial charge in [-0.3, -0.25) is 4.90 Å². The van der Waals surface area contributed by atoms with Gasteiger partial charge in [-0.05, 0) is 50.0 Å². The van der Waals surface area contributed by atoms with Crippen molar-refractivity contribution in [1.82, 2.24) is 14.9 Å². The first-order valence-electron chi connectivity index (χ1n) is 9.10. The Morgan fingerprint density at radius 3 is 2.70 bits per heavy atom. The number of carbonyl (C=O) groups is 1. The SMILES string of the molecule is CS(=O)(=O)NC1CN(CC2CCNCC2)C(=O)N(c2cccc(C#N)c2)C1. The summed E-state index contributed by atoms with van der Waals surface area (Å²) in [5.41, 5.74) is 1.07. The zero-order valence-corrected chi connectivity index (χ0v) is 16.2. The van der Waals surface area contributed by atoms with Gasteiger partial charge in [0.05, 0.1) is 23.9 Å². The van der Waals surface area contributed by atoms with E-state index in [1.807, 2.05) is 0 Å². The summed E-state index contributed by atoms with van der Waals surface area (Å²) in [5.74, 6) is 0.402. The molecule has 1 unspecified atom stereocenters. The Morgan fingerprint density at radius 2 is 2.04 bits per heavy atom. The molecule has 146 valence electrons. The second-order valence-corrected chi connectivity index (χ2v) is 9.02. The highest BCUT2D eigenvalue weighted by Gasteiger charge is 2.35. The first-order chi connectivity index (χ1) is 12.9. The first kappa shape index (κ1) is 19.6.